The normalized spacial score (nSPS) is 46.7. The van der Waals surface area contributed by atoms with Crippen molar-refractivity contribution >= 4 is 5.78 Å². The molecule has 1 atom stereocenters. The molecule has 0 spiro atoms. The molecule has 3 aliphatic heterocycles. The molecule has 0 radical (unpaired) electrons. The Morgan fingerprint density at radius 1 is 1.58 bits per heavy atom. The number of fused-ring (bicyclic) bond motifs is 3. The van der Waals surface area contributed by atoms with Crippen molar-refractivity contribution in [1.29, 1.82) is 0 Å². The number of ketones is 1. The number of aliphatic hydroxyl groups excluding tert-OH is 1. The summed E-state index contributed by atoms with van der Waals surface area (Å²) in [5.41, 5.74) is -0.554. The van der Waals surface area contributed by atoms with Crippen LogP contribution in [0.4, 0.5) is 0 Å². The number of rotatable bonds is 1. The Labute approximate surface area is 72.4 Å². The highest BCUT2D eigenvalue weighted by Crippen LogP contribution is 2.35. The van der Waals surface area contributed by atoms with Crippen LogP contribution in [0.3, 0.4) is 0 Å². The number of hydrogen-bond donors (Lipinski definition) is 1. The topological polar surface area (TPSA) is 40.5 Å². The molecule has 0 aromatic carbocycles. The van der Waals surface area contributed by atoms with Gasteiger partial charge in [-0.1, -0.05) is 0 Å². The number of aliphatic hydroxyl groups is 1. The van der Waals surface area contributed by atoms with Crippen molar-refractivity contribution in [1.82, 2.24) is 4.90 Å². The first-order valence-electron chi connectivity index (χ1n) is 4.59. The maximum atomic E-state index is 11.7. The predicted octanol–water partition coefficient (Wildman–Crippen LogP) is 0.0321. The first kappa shape index (κ1) is 8.20. The average Bonchev–Trinajstić information content (AvgIpc) is 2.14. The van der Waals surface area contributed by atoms with Crippen LogP contribution in [0, 0.1) is 5.92 Å². The summed E-state index contributed by atoms with van der Waals surface area (Å²) in [7, 11) is 0. The van der Waals surface area contributed by atoms with Gasteiger partial charge < -0.3 is 5.11 Å². The molecule has 3 heteroatoms. The molecule has 3 fully saturated rings. The molecule has 3 heterocycles. The zero-order valence-corrected chi connectivity index (χ0v) is 7.42. The third-order valence-electron chi connectivity index (χ3n) is 3.40. The molecule has 0 aromatic rings. The van der Waals surface area contributed by atoms with Crippen LogP contribution < -0.4 is 0 Å². The van der Waals surface area contributed by atoms with Gasteiger partial charge in [0.25, 0.3) is 0 Å². The molecule has 2 bridgehead atoms. The molecule has 3 aliphatic rings. The van der Waals surface area contributed by atoms with Gasteiger partial charge in [0.15, 0.2) is 5.78 Å². The third-order valence-corrected chi connectivity index (χ3v) is 3.40. The summed E-state index contributed by atoms with van der Waals surface area (Å²) >= 11 is 0. The summed E-state index contributed by atoms with van der Waals surface area (Å²) in [5.74, 6) is 0.481. The minimum absolute atomic E-state index is 0.0255. The maximum Gasteiger partial charge on any atom is 0.158 e. The molecule has 12 heavy (non-hydrogen) atoms. The lowest BCUT2D eigenvalue weighted by molar-refractivity contribution is -0.149. The van der Waals surface area contributed by atoms with E-state index in [0.29, 0.717) is 0 Å². The quantitative estimate of drug-likeness (QED) is 0.602. The highest BCUT2D eigenvalue weighted by molar-refractivity contribution is 5.91. The molecule has 0 aliphatic carbocycles. The fraction of sp³-hybridized carbons (Fsp3) is 0.889. The highest BCUT2D eigenvalue weighted by atomic mass is 16.3. The highest BCUT2D eigenvalue weighted by Gasteiger charge is 2.49. The van der Waals surface area contributed by atoms with Gasteiger partial charge >= 0.3 is 0 Å². The van der Waals surface area contributed by atoms with E-state index < -0.39 is 5.54 Å². The Bertz CT molecular complexity index is 209. The maximum absolute atomic E-state index is 11.7. The van der Waals surface area contributed by atoms with Crippen molar-refractivity contribution in [3.05, 3.63) is 0 Å². The second kappa shape index (κ2) is 2.54. The smallest absolute Gasteiger partial charge is 0.158 e. The number of nitrogens with zero attached hydrogens (tertiary/aromatic N) is 1. The second-order valence-corrected chi connectivity index (χ2v) is 4.06. The van der Waals surface area contributed by atoms with E-state index in [4.69, 9.17) is 0 Å². The first-order valence-corrected chi connectivity index (χ1v) is 4.59. The van der Waals surface area contributed by atoms with Crippen molar-refractivity contribution < 1.29 is 9.90 Å². The Kier molecular flexibility index (Phi) is 1.73. The molecular weight excluding hydrogens is 154 g/mol. The zero-order valence-electron chi connectivity index (χ0n) is 7.42. The summed E-state index contributed by atoms with van der Waals surface area (Å²) in [6.45, 7) is 3.80. The number of carbonyl (C=O) groups is 1. The largest absolute Gasteiger partial charge is 0.394 e. The Hall–Kier alpha value is -0.410. The van der Waals surface area contributed by atoms with Crippen LogP contribution in [0.1, 0.15) is 19.8 Å². The summed E-state index contributed by atoms with van der Waals surface area (Å²) in [5, 5.41) is 9.18. The predicted molar refractivity (Wildman–Crippen MR) is 44.8 cm³/mol. The van der Waals surface area contributed by atoms with E-state index >= 15 is 0 Å². The monoisotopic (exact) mass is 169 g/mol. The summed E-state index contributed by atoms with van der Waals surface area (Å²) in [4.78, 5) is 13.9. The number of carbonyl (C=O) groups excluding carboxylic acids is 1. The van der Waals surface area contributed by atoms with Gasteiger partial charge in [0.2, 0.25) is 0 Å². The van der Waals surface area contributed by atoms with E-state index in [2.05, 4.69) is 4.90 Å². The average molecular weight is 169 g/mol. The van der Waals surface area contributed by atoms with E-state index in [9.17, 15) is 9.90 Å². The molecule has 3 rings (SSSR count). The Morgan fingerprint density at radius 3 is 2.50 bits per heavy atom. The van der Waals surface area contributed by atoms with E-state index in [0.717, 1.165) is 25.9 Å². The van der Waals surface area contributed by atoms with Crippen LogP contribution in [-0.2, 0) is 4.79 Å². The number of Topliss-reactive ketones (excluding diaryl/α,β-unsaturated/α-hetero) is 1. The lowest BCUT2D eigenvalue weighted by Gasteiger charge is -2.50. The van der Waals surface area contributed by atoms with Crippen molar-refractivity contribution in [3.63, 3.8) is 0 Å². The van der Waals surface area contributed by atoms with E-state index in [1.165, 1.54) is 0 Å². The van der Waals surface area contributed by atoms with E-state index in [1.807, 2.05) is 6.92 Å². The van der Waals surface area contributed by atoms with Gasteiger partial charge in [-0.15, -0.1) is 0 Å². The van der Waals surface area contributed by atoms with Gasteiger partial charge in [0, 0.05) is 5.92 Å². The summed E-state index contributed by atoms with van der Waals surface area (Å²) in [6.07, 6.45) is 1.99. The lowest BCUT2D eigenvalue weighted by Crippen LogP contribution is -2.65. The minimum Gasteiger partial charge on any atom is -0.394 e. The fourth-order valence-electron chi connectivity index (χ4n) is 2.41. The van der Waals surface area contributed by atoms with Crippen LogP contribution in [0.15, 0.2) is 0 Å². The fourth-order valence-corrected chi connectivity index (χ4v) is 2.41. The molecule has 1 unspecified atom stereocenters. The van der Waals surface area contributed by atoms with Crippen molar-refractivity contribution in [2.45, 2.75) is 25.3 Å². The standard InChI is InChI=1S/C9H15NO2/c1-9(6-11)8(12)7-2-4-10(9)5-3-7/h7,11H,2-6H2,1H3. The van der Waals surface area contributed by atoms with Crippen LogP contribution in [0.5, 0.6) is 0 Å². The lowest BCUT2D eigenvalue weighted by atomic mass is 9.75. The second-order valence-electron chi connectivity index (χ2n) is 4.06. The number of piperidine rings is 3. The molecule has 3 saturated heterocycles. The van der Waals surface area contributed by atoms with E-state index in [1.54, 1.807) is 0 Å². The first-order chi connectivity index (χ1) is 5.68. The molecule has 1 N–H and O–H groups in total. The van der Waals surface area contributed by atoms with Gasteiger partial charge in [-0.2, -0.15) is 0 Å². The van der Waals surface area contributed by atoms with Crippen molar-refractivity contribution in [3.8, 4) is 0 Å². The van der Waals surface area contributed by atoms with Gasteiger partial charge in [-0.3, -0.25) is 9.69 Å². The molecule has 68 valence electrons. The molecule has 0 saturated carbocycles. The van der Waals surface area contributed by atoms with E-state index in [-0.39, 0.29) is 18.3 Å². The summed E-state index contributed by atoms with van der Waals surface area (Å²) in [6, 6.07) is 0. The van der Waals surface area contributed by atoms with Gasteiger partial charge in [0.1, 0.15) is 5.54 Å². The van der Waals surface area contributed by atoms with Gasteiger partial charge in [-0.25, -0.2) is 0 Å². The van der Waals surface area contributed by atoms with Gasteiger partial charge in [-0.05, 0) is 32.9 Å². The molecule has 0 amide bonds. The third kappa shape index (κ3) is 0.866. The zero-order chi connectivity index (χ0) is 8.77. The molecule has 3 nitrogen and oxygen atoms in total. The van der Waals surface area contributed by atoms with Crippen LogP contribution in [0.2, 0.25) is 0 Å². The van der Waals surface area contributed by atoms with Crippen LogP contribution in [0.25, 0.3) is 0 Å². The summed E-state index contributed by atoms with van der Waals surface area (Å²) < 4.78 is 0. The Morgan fingerprint density at radius 2 is 2.17 bits per heavy atom. The molecule has 0 aromatic heterocycles. The van der Waals surface area contributed by atoms with Crippen molar-refractivity contribution in [2.75, 3.05) is 19.7 Å². The minimum atomic E-state index is -0.554. The van der Waals surface area contributed by atoms with Gasteiger partial charge in [0.05, 0.1) is 6.61 Å². The van der Waals surface area contributed by atoms with Crippen LogP contribution >= 0.6 is 0 Å². The number of hydrogen-bond acceptors (Lipinski definition) is 3. The Balaban J connectivity index is 2.29. The van der Waals surface area contributed by atoms with Crippen molar-refractivity contribution in [2.24, 2.45) is 5.92 Å². The molecular formula is C9H15NO2. The van der Waals surface area contributed by atoms with Crippen LogP contribution in [-0.4, -0.2) is 41.0 Å². The SMILES string of the molecule is CC1(CO)C(=O)C2CCN1CC2.